The van der Waals surface area contributed by atoms with Crippen LogP contribution >= 0.6 is 11.6 Å². The van der Waals surface area contributed by atoms with Gasteiger partial charge in [0.25, 0.3) is 5.78 Å². The summed E-state index contributed by atoms with van der Waals surface area (Å²) in [6.45, 7) is 4.87. The Bertz CT molecular complexity index is 492. The molecule has 0 bridgehead atoms. The molecule has 0 saturated carbocycles. The molecule has 0 unspecified atom stereocenters. The highest BCUT2D eigenvalue weighted by Gasteiger charge is 2.14. The Morgan fingerprint density at radius 1 is 1.53 bits per heavy atom. The van der Waals surface area contributed by atoms with Crippen molar-refractivity contribution in [3.05, 3.63) is 17.0 Å². The predicted octanol–water partition coefficient (Wildman–Crippen LogP) is 1.54. The molecule has 15 heavy (non-hydrogen) atoms. The molecule has 0 aliphatic heterocycles. The summed E-state index contributed by atoms with van der Waals surface area (Å²) in [6, 6.07) is 0. The highest BCUT2D eigenvalue weighted by Crippen LogP contribution is 2.24. The van der Waals surface area contributed by atoms with Crippen molar-refractivity contribution in [2.24, 2.45) is 0 Å². The Kier molecular flexibility index (Phi) is 2.48. The van der Waals surface area contributed by atoms with E-state index in [1.807, 2.05) is 14.0 Å². The molecular formula is C9H12ClN5. The van der Waals surface area contributed by atoms with Crippen LogP contribution in [0.5, 0.6) is 0 Å². The second kappa shape index (κ2) is 3.66. The molecular weight excluding hydrogens is 214 g/mol. The molecule has 0 aliphatic carbocycles. The summed E-state index contributed by atoms with van der Waals surface area (Å²) < 4.78 is 1.70. The molecule has 80 valence electrons. The van der Waals surface area contributed by atoms with Crippen LogP contribution in [0.15, 0.2) is 6.33 Å². The average molecular weight is 226 g/mol. The highest BCUT2D eigenvalue weighted by atomic mass is 35.5. The van der Waals surface area contributed by atoms with Gasteiger partial charge in [-0.3, -0.25) is 0 Å². The largest absolute Gasteiger partial charge is 0.359 e. The third-order valence-electron chi connectivity index (χ3n) is 2.41. The van der Waals surface area contributed by atoms with Crippen molar-refractivity contribution in [2.75, 3.05) is 18.5 Å². The number of halogens is 1. The monoisotopic (exact) mass is 225 g/mol. The van der Waals surface area contributed by atoms with Crippen molar-refractivity contribution in [2.45, 2.75) is 13.8 Å². The van der Waals surface area contributed by atoms with Crippen molar-refractivity contribution in [3.8, 4) is 0 Å². The zero-order chi connectivity index (χ0) is 11.0. The molecule has 0 aromatic carbocycles. The number of hydrogen-bond donors (Lipinski definition) is 0. The topological polar surface area (TPSA) is 46.3 Å². The van der Waals surface area contributed by atoms with Gasteiger partial charge < -0.3 is 4.90 Å². The Labute approximate surface area is 92.7 Å². The summed E-state index contributed by atoms with van der Waals surface area (Å²) in [5.74, 6) is 1.46. The van der Waals surface area contributed by atoms with Gasteiger partial charge in [-0.05, 0) is 13.8 Å². The predicted molar refractivity (Wildman–Crippen MR) is 59.5 cm³/mol. The van der Waals surface area contributed by atoms with E-state index in [-0.39, 0.29) is 0 Å². The van der Waals surface area contributed by atoms with Crippen molar-refractivity contribution in [3.63, 3.8) is 0 Å². The summed E-state index contributed by atoms with van der Waals surface area (Å²) in [5.41, 5.74) is 0.916. The van der Waals surface area contributed by atoms with E-state index in [2.05, 4.69) is 26.9 Å². The van der Waals surface area contributed by atoms with Crippen molar-refractivity contribution in [1.29, 1.82) is 0 Å². The van der Waals surface area contributed by atoms with E-state index in [0.717, 1.165) is 17.9 Å². The molecule has 0 atom stereocenters. The van der Waals surface area contributed by atoms with Gasteiger partial charge in [-0.2, -0.15) is 19.6 Å². The molecule has 0 N–H and O–H groups in total. The fourth-order valence-electron chi connectivity index (χ4n) is 1.48. The maximum atomic E-state index is 6.03. The second-order valence-corrected chi connectivity index (χ2v) is 3.70. The maximum Gasteiger partial charge on any atom is 0.255 e. The van der Waals surface area contributed by atoms with Gasteiger partial charge in [-0.1, -0.05) is 11.6 Å². The van der Waals surface area contributed by atoms with Gasteiger partial charge in [0.15, 0.2) is 0 Å². The summed E-state index contributed by atoms with van der Waals surface area (Å²) in [7, 11) is 1.99. The lowest BCUT2D eigenvalue weighted by Gasteiger charge is -2.19. The maximum absolute atomic E-state index is 6.03. The Morgan fingerprint density at radius 3 is 2.93 bits per heavy atom. The van der Waals surface area contributed by atoms with Gasteiger partial charge in [0.05, 0.1) is 0 Å². The van der Waals surface area contributed by atoms with E-state index in [1.165, 1.54) is 6.33 Å². The van der Waals surface area contributed by atoms with E-state index in [9.17, 15) is 0 Å². The van der Waals surface area contributed by atoms with E-state index in [0.29, 0.717) is 10.9 Å². The van der Waals surface area contributed by atoms with Crippen LogP contribution in [0.1, 0.15) is 12.5 Å². The number of anilines is 1. The first-order valence-electron chi connectivity index (χ1n) is 4.72. The third kappa shape index (κ3) is 1.52. The van der Waals surface area contributed by atoms with Crippen LogP contribution < -0.4 is 4.90 Å². The van der Waals surface area contributed by atoms with Crippen LogP contribution in [-0.4, -0.2) is 33.2 Å². The molecule has 0 aliphatic rings. The van der Waals surface area contributed by atoms with Gasteiger partial charge in [0.1, 0.15) is 17.3 Å². The minimum Gasteiger partial charge on any atom is -0.359 e. The lowest BCUT2D eigenvalue weighted by atomic mass is 10.3. The fourth-order valence-corrected chi connectivity index (χ4v) is 1.64. The summed E-state index contributed by atoms with van der Waals surface area (Å²) >= 11 is 6.03. The van der Waals surface area contributed by atoms with Crippen LogP contribution in [0.25, 0.3) is 5.78 Å². The van der Waals surface area contributed by atoms with Crippen LogP contribution in [0.4, 0.5) is 5.82 Å². The van der Waals surface area contributed by atoms with E-state index >= 15 is 0 Å². The molecule has 0 radical (unpaired) electrons. The van der Waals surface area contributed by atoms with Crippen LogP contribution in [0.3, 0.4) is 0 Å². The smallest absolute Gasteiger partial charge is 0.255 e. The van der Waals surface area contributed by atoms with Crippen LogP contribution in [-0.2, 0) is 0 Å². The van der Waals surface area contributed by atoms with Crippen LogP contribution in [0.2, 0.25) is 5.15 Å². The fraction of sp³-hybridized carbons (Fsp3) is 0.444. The highest BCUT2D eigenvalue weighted by molar-refractivity contribution is 6.30. The van der Waals surface area contributed by atoms with Gasteiger partial charge in [0, 0.05) is 19.2 Å². The quantitative estimate of drug-likeness (QED) is 0.728. The van der Waals surface area contributed by atoms with Crippen LogP contribution in [0, 0.1) is 6.92 Å². The molecule has 2 aromatic rings. The van der Waals surface area contributed by atoms with Crippen molar-refractivity contribution < 1.29 is 0 Å². The lowest BCUT2D eigenvalue weighted by Crippen LogP contribution is -2.21. The minimum atomic E-state index is 0.478. The molecule has 2 heterocycles. The number of fused-ring (bicyclic) bond motifs is 1. The van der Waals surface area contributed by atoms with Crippen molar-refractivity contribution in [1.82, 2.24) is 19.6 Å². The molecule has 0 fully saturated rings. The zero-order valence-corrected chi connectivity index (χ0v) is 9.65. The normalized spacial score (nSPS) is 10.9. The molecule has 0 amide bonds. The second-order valence-electron chi connectivity index (χ2n) is 3.34. The molecule has 6 heteroatoms. The van der Waals surface area contributed by atoms with E-state index in [4.69, 9.17) is 11.6 Å². The van der Waals surface area contributed by atoms with E-state index < -0.39 is 0 Å². The standard InChI is InChI=1S/C9H12ClN5/c1-4-14(3)8-6(2)7(10)13-9-11-5-12-15(8)9/h5H,4H2,1-3H3. The van der Waals surface area contributed by atoms with Crippen molar-refractivity contribution >= 4 is 23.2 Å². The van der Waals surface area contributed by atoms with Gasteiger partial charge in [-0.15, -0.1) is 0 Å². The number of hydrogen-bond acceptors (Lipinski definition) is 4. The summed E-state index contributed by atoms with van der Waals surface area (Å²) in [5, 5.41) is 4.61. The molecule has 2 aromatic heterocycles. The molecule has 2 rings (SSSR count). The molecule has 0 spiro atoms. The first-order valence-corrected chi connectivity index (χ1v) is 5.10. The SMILES string of the molecule is CCN(C)c1c(C)c(Cl)nc2ncnn12. The third-order valence-corrected chi connectivity index (χ3v) is 2.78. The van der Waals surface area contributed by atoms with Gasteiger partial charge in [-0.25, -0.2) is 0 Å². The minimum absolute atomic E-state index is 0.478. The number of aromatic nitrogens is 4. The van der Waals surface area contributed by atoms with Gasteiger partial charge >= 0.3 is 0 Å². The lowest BCUT2D eigenvalue weighted by molar-refractivity contribution is 0.844. The average Bonchev–Trinajstić information content (AvgIpc) is 2.66. The summed E-state index contributed by atoms with van der Waals surface area (Å²) in [6.07, 6.45) is 1.48. The summed E-state index contributed by atoms with van der Waals surface area (Å²) in [4.78, 5) is 10.2. The number of nitrogens with zero attached hydrogens (tertiary/aromatic N) is 5. The first-order chi connectivity index (χ1) is 7.15. The Hall–Kier alpha value is -1.36. The first kappa shape index (κ1) is 10.2. The molecule has 5 nitrogen and oxygen atoms in total. The van der Waals surface area contributed by atoms with Gasteiger partial charge in [0.2, 0.25) is 0 Å². The zero-order valence-electron chi connectivity index (χ0n) is 8.90. The Balaban J connectivity index is 2.77. The Morgan fingerprint density at radius 2 is 2.27 bits per heavy atom. The number of rotatable bonds is 2. The molecule has 0 saturated heterocycles. The van der Waals surface area contributed by atoms with E-state index in [1.54, 1.807) is 4.52 Å².